The van der Waals surface area contributed by atoms with Crippen LogP contribution in [-0.2, 0) is 12.2 Å². The highest BCUT2D eigenvalue weighted by molar-refractivity contribution is 5.76. The molecule has 2 aromatic carbocycles. The second-order valence-corrected chi connectivity index (χ2v) is 5.93. The molecule has 0 atom stereocenters. The molecule has 1 heterocycles. The number of fused-ring (bicyclic) bond motifs is 3. The van der Waals surface area contributed by atoms with Gasteiger partial charge in [-0.3, -0.25) is 0 Å². The number of aryl methyl sites for hydroxylation is 1. The molecule has 0 unspecified atom stereocenters. The lowest BCUT2D eigenvalue weighted by Crippen LogP contribution is -2.19. The highest BCUT2D eigenvalue weighted by Crippen LogP contribution is 2.41. The van der Waals surface area contributed by atoms with Gasteiger partial charge < -0.3 is 9.84 Å². The van der Waals surface area contributed by atoms with E-state index in [1.165, 1.54) is 26.0 Å². The highest BCUT2D eigenvalue weighted by atomic mass is 19.1. The number of halogens is 2. The van der Waals surface area contributed by atoms with E-state index < -0.39 is 11.4 Å². The minimum atomic E-state index is -1.30. The van der Waals surface area contributed by atoms with Gasteiger partial charge in [0.2, 0.25) is 0 Å². The first-order valence-corrected chi connectivity index (χ1v) is 6.76. The number of hydrogen-bond acceptors (Lipinski definition) is 2. The van der Waals surface area contributed by atoms with Crippen LogP contribution >= 0.6 is 0 Å². The van der Waals surface area contributed by atoms with Crippen LogP contribution in [0.2, 0.25) is 0 Å². The average Bonchev–Trinajstić information content (AvgIpc) is 2.38. The quantitative estimate of drug-likeness (QED) is 0.858. The molecule has 21 heavy (non-hydrogen) atoms. The van der Waals surface area contributed by atoms with E-state index in [0.717, 1.165) is 0 Å². The summed E-state index contributed by atoms with van der Waals surface area (Å²) < 4.78 is 33.5. The third-order valence-electron chi connectivity index (χ3n) is 3.79. The summed E-state index contributed by atoms with van der Waals surface area (Å²) in [4.78, 5) is 0. The molecule has 0 amide bonds. The van der Waals surface area contributed by atoms with E-state index in [0.29, 0.717) is 28.0 Å². The largest absolute Gasteiger partial charge is 0.488 e. The SMILES string of the molecule is Cc1cc2c(cc1F)-c1cc(C(C)(C)O)c(F)cc1CO2. The Balaban J connectivity index is 2.26. The van der Waals surface area contributed by atoms with Crippen molar-refractivity contribution in [3.05, 3.63) is 52.6 Å². The van der Waals surface area contributed by atoms with Crippen molar-refractivity contribution < 1.29 is 18.6 Å². The molecule has 1 aliphatic rings. The van der Waals surface area contributed by atoms with Crippen molar-refractivity contribution >= 4 is 0 Å². The van der Waals surface area contributed by atoms with Gasteiger partial charge in [0.1, 0.15) is 24.0 Å². The summed E-state index contributed by atoms with van der Waals surface area (Å²) in [5, 5.41) is 10.1. The molecule has 0 spiro atoms. The Morgan fingerprint density at radius 1 is 1.05 bits per heavy atom. The molecule has 0 radical (unpaired) electrons. The summed E-state index contributed by atoms with van der Waals surface area (Å²) >= 11 is 0. The van der Waals surface area contributed by atoms with Crippen LogP contribution in [0.5, 0.6) is 5.75 Å². The summed E-state index contributed by atoms with van der Waals surface area (Å²) in [6.07, 6.45) is 0. The molecule has 0 saturated heterocycles. The number of aliphatic hydroxyl groups is 1. The van der Waals surface area contributed by atoms with Crippen molar-refractivity contribution in [2.75, 3.05) is 0 Å². The van der Waals surface area contributed by atoms with Gasteiger partial charge in [-0.25, -0.2) is 8.78 Å². The van der Waals surface area contributed by atoms with E-state index in [-0.39, 0.29) is 18.0 Å². The van der Waals surface area contributed by atoms with Crippen molar-refractivity contribution in [1.82, 2.24) is 0 Å². The number of hydrogen-bond donors (Lipinski definition) is 1. The van der Waals surface area contributed by atoms with Gasteiger partial charge >= 0.3 is 0 Å². The van der Waals surface area contributed by atoms with E-state index in [4.69, 9.17) is 4.74 Å². The van der Waals surface area contributed by atoms with Crippen LogP contribution in [0, 0.1) is 18.6 Å². The third kappa shape index (κ3) is 2.29. The van der Waals surface area contributed by atoms with Gasteiger partial charge in [-0.05, 0) is 56.2 Å². The number of rotatable bonds is 1. The van der Waals surface area contributed by atoms with E-state index in [1.54, 1.807) is 19.1 Å². The Kier molecular flexibility index (Phi) is 3.02. The molecule has 0 bridgehead atoms. The van der Waals surface area contributed by atoms with Gasteiger partial charge in [0.15, 0.2) is 0 Å². The first kappa shape index (κ1) is 14.0. The third-order valence-corrected chi connectivity index (χ3v) is 3.79. The van der Waals surface area contributed by atoms with Crippen LogP contribution < -0.4 is 4.74 Å². The molecule has 0 fully saturated rings. The van der Waals surface area contributed by atoms with Gasteiger partial charge in [-0.1, -0.05) is 0 Å². The normalized spacial score (nSPS) is 13.4. The standard InChI is InChI=1S/C17H16F2O2/c1-9-4-16-12(7-14(9)18)11-6-13(17(2,3)20)15(19)5-10(11)8-21-16/h4-7,20H,8H2,1-3H3. The maximum atomic E-state index is 14.1. The summed E-state index contributed by atoms with van der Waals surface area (Å²) in [5.74, 6) is -0.241. The first-order chi connectivity index (χ1) is 9.77. The number of ether oxygens (including phenoxy) is 1. The smallest absolute Gasteiger partial charge is 0.129 e. The van der Waals surface area contributed by atoms with Gasteiger partial charge in [-0.2, -0.15) is 0 Å². The fourth-order valence-electron chi connectivity index (χ4n) is 2.59. The maximum Gasteiger partial charge on any atom is 0.129 e. The van der Waals surface area contributed by atoms with E-state index >= 15 is 0 Å². The fourth-order valence-corrected chi connectivity index (χ4v) is 2.59. The number of benzene rings is 2. The maximum absolute atomic E-state index is 14.1. The van der Waals surface area contributed by atoms with Crippen molar-refractivity contribution in [3.8, 4) is 16.9 Å². The molecule has 0 aliphatic carbocycles. The topological polar surface area (TPSA) is 29.5 Å². The van der Waals surface area contributed by atoms with Crippen LogP contribution in [0.4, 0.5) is 8.78 Å². The fraction of sp³-hybridized carbons (Fsp3) is 0.294. The van der Waals surface area contributed by atoms with E-state index in [2.05, 4.69) is 0 Å². The summed E-state index contributed by atoms with van der Waals surface area (Å²) in [5.41, 5.74) is 1.33. The first-order valence-electron chi connectivity index (χ1n) is 6.76. The lowest BCUT2D eigenvalue weighted by atomic mass is 9.89. The lowest BCUT2D eigenvalue weighted by Gasteiger charge is -2.25. The summed E-state index contributed by atoms with van der Waals surface area (Å²) in [6, 6.07) is 5.97. The zero-order valence-electron chi connectivity index (χ0n) is 12.1. The minimum Gasteiger partial charge on any atom is -0.488 e. The Morgan fingerprint density at radius 2 is 1.76 bits per heavy atom. The van der Waals surface area contributed by atoms with E-state index in [1.807, 2.05) is 0 Å². The Bertz CT molecular complexity index is 731. The van der Waals surface area contributed by atoms with Gasteiger partial charge in [0.25, 0.3) is 0 Å². The molecular weight excluding hydrogens is 274 g/mol. The Morgan fingerprint density at radius 3 is 2.43 bits per heavy atom. The van der Waals surface area contributed by atoms with Crippen molar-refractivity contribution in [2.24, 2.45) is 0 Å². The van der Waals surface area contributed by atoms with Gasteiger partial charge in [0.05, 0.1) is 5.60 Å². The average molecular weight is 290 g/mol. The molecule has 1 aliphatic heterocycles. The van der Waals surface area contributed by atoms with Crippen molar-refractivity contribution in [1.29, 1.82) is 0 Å². The molecule has 3 rings (SSSR count). The molecule has 0 aromatic heterocycles. The van der Waals surface area contributed by atoms with Crippen molar-refractivity contribution in [3.63, 3.8) is 0 Å². The van der Waals surface area contributed by atoms with Crippen LogP contribution in [0.25, 0.3) is 11.1 Å². The van der Waals surface area contributed by atoms with Gasteiger partial charge in [0, 0.05) is 16.7 Å². The second-order valence-electron chi connectivity index (χ2n) is 5.93. The van der Waals surface area contributed by atoms with Crippen LogP contribution in [0.15, 0.2) is 24.3 Å². The summed E-state index contributed by atoms with van der Waals surface area (Å²) in [6.45, 7) is 4.94. The predicted molar refractivity (Wildman–Crippen MR) is 76.1 cm³/mol. The van der Waals surface area contributed by atoms with E-state index in [9.17, 15) is 13.9 Å². The molecule has 2 aromatic rings. The van der Waals surface area contributed by atoms with Gasteiger partial charge in [-0.15, -0.1) is 0 Å². The monoisotopic (exact) mass is 290 g/mol. The minimum absolute atomic E-state index is 0.190. The molecule has 110 valence electrons. The molecule has 4 heteroatoms. The van der Waals surface area contributed by atoms with Crippen LogP contribution in [-0.4, -0.2) is 5.11 Å². The second kappa shape index (κ2) is 4.53. The van der Waals surface area contributed by atoms with Crippen LogP contribution in [0.1, 0.15) is 30.5 Å². The highest BCUT2D eigenvalue weighted by Gasteiger charge is 2.26. The molecule has 0 saturated carbocycles. The molecule has 1 N–H and O–H groups in total. The Hall–Kier alpha value is -1.94. The Labute approximate surface area is 122 Å². The van der Waals surface area contributed by atoms with Crippen molar-refractivity contribution in [2.45, 2.75) is 33.0 Å². The lowest BCUT2D eigenvalue weighted by molar-refractivity contribution is 0.0745. The van der Waals surface area contributed by atoms with Crippen LogP contribution in [0.3, 0.4) is 0 Å². The summed E-state index contributed by atoms with van der Waals surface area (Å²) in [7, 11) is 0. The molecule has 2 nitrogen and oxygen atoms in total. The zero-order valence-corrected chi connectivity index (χ0v) is 12.1. The molecular formula is C17H16F2O2. The zero-order chi connectivity index (χ0) is 15.4. The predicted octanol–water partition coefficient (Wildman–Crippen LogP) is 4.06.